The maximum absolute atomic E-state index is 5.42. The van der Waals surface area contributed by atoms with Crippen LogP contribution in [-0.2, 0) is 22.9 Å². The van der Waals surface area contributed by atoms with Crippen LogP contribution < -0.4 is 14.8 Å². The summed E-state index contributed by atoms with van der Waals surface area (Å²) in [6, 6.07) is 11.8. The molecule has 4 rings (SSSR count). The SMILES string of the molecule is CCOOCc1ccc2ncnc(NCc3ccc4c(c3)OCO4)c2c1. The average molecular weight is 353 g/mol. The first kappa shape index (κ1) is 16.6. The van der Waals surface area contributed by atoms with E-state index in [1.54, 1.807) is 6.33 Å². The van der Waals surface area contributed by atoms with Crippen LogP contribution in [0.2, 0.25) is 0 Å². The average Bonchev–Trinajstić information content (AvgIpc) is 3.14. The topological polar surface area (TPSA) is 74.7 Å². The molecule has 26 heavy (non-hydrogen) atoms. The lowest BCUT2D eigenvalue weighted by Gasteiger charge is -2.10. The molecule has 134 valence electrons. The second kappa shape index (κ2) is 7.55. The first-order valence-electron chi connectivity index (χ1n) is 8.44. The Bertz CT molecular complexity index is 916. The van der Waals surface area contributed by atoms with Gasteiger partial charge in [-0.2, -0.15) is 0 Å². The standard InChI is InChI=1S/C19H19N3O4/c1-2-25-26-10-14-3-5-16-15(7-14)19(22-11-21-16)20-9-13-4-6-17-18(8-13)24-12-23-17/h3-8,11H,2,9-10,12H2,1H3,(H,20,21,22). The van der Waals surface area contributed by atoms with Gasteiger partial charge in [-0.3, -0.25) is 0 Å². The van der Waals surface area contributed by atoms with Gasteiger partial charge in [-0.1, -0.05) is 12.1 Å². The Morgan fingerprint density at radius 2 is 1.88 bits per heavy atom. The van der Waals surface area contributed by atoms with E-state index in [1.165, 1.54) is 0 Å². The Balaban J connectivity index is 1.52. The van der Waals surface area contributed by atoms with Crippen molar-refractivity contribution in [3.8, 4) is 11.5 Å². The van der Waals surface area contributed by atoms with Gasteiger partial charge in [0.25, 0.3) is 0 Å². The van der Waals surface area contributed by atoms with Gasteiger partial charge in [0.05, 0.1) is 12.1 Å². The second-order valence-corrected chi connectivity index (χ2v) is 5.78. The molecule has 0 amide bonds. The monoisotopic (exact) mass is 353 g/mol. The van der Waals surface area contributed by atoms with E-state index in [2.05, 4.69) is 15.3 Å². The van der Waals surface area contributed by atoms with Crippen LogP contribution in [0.4, 0.5) is 5.82 Å². The molecule has 0 atom stereocenters. The van der Waals surface area contributed by atoms with Crippen LogP contribution in [-0.4, -0.2) is 23.4 Å². The van der Waals surface area contributed by atoms with Crippen LogP contribution >= 0.6 is 0 Å². The molecule has 0 saturated carbocycles. The van der Waals surface area contributed by atoms with Crippen molar-refractivity contribution in [1.29, 1.82) is 0 Å². The van der Waals surface area contributed by atoms with Crippen molar-refractivity contribution in [2.45, 2.75) is 20.1 Å². The van der Waals surface area contributed by atoms with Gasteiger partial charge in [0, 0.05) is 11.9 Å². The van der Waals surface area contributed by atoms with Crippen LogP contribution in [0.25, 0.3) is 10.9 Å². The molecule has 2 aromatic carbocycles. The minimum Gasteiger partial charge on any atom is -0.454 e. The Labute approximate surface area is 150 Å². The zero-order chi connectivity index (χ0) is 17.8. The molecule has 1 aromatic heterocycles. The van der Waals surface area contributed by atoms with Crippen molar-refractivity contribution < 1.29 is 19.2 Å². The van der Waals surface area contributed by atoms with E-state index in [1.807, 2.05) is 43.3 Å². The third-order valence-electron chi connectivity index (χ3n) is 4.02. The number of nitrogens with zero attached hydrogens (tertiary/aromatic N) is 2. The van der Waals surface area contributed by atoms with Crippen molar-refractivity contribution in [2.24, 2.45) is 0 Å². The van der Waals surface area contributed by atoms with Gasteiger partial charge < -0.3 is 14.8 Å². The molecule has 1 aliphatic heterocycles. The number of anilines is 1. The van der Waals surface area contributed by atoms with Crippen molar-refractivity contribution in [2.75, 3.05) is 18.7 Å². The third-order valence-corrected chi connectivity index (χ3v) is 4.02. The molecule has 0 spiro atoms. The molecular formula is C19H19N3O4. The maximum Gasteiger partial charge on any atom is 0.231 e. The summed E-state index contributed by atoms with van der Waals surface area (Å²) in [5.41, 5.74) is 2.94. The van der Waals surface area contributed by atoms with Crippen LogP contribution in [0.1, 0.15) is 18.1 Å². The molecule has 2 heterocycles. The highest BCUT2D eigenvalue weighted by atomic mass is 17.2. The second-order valence-electron chi connectivity index (χ2n) is 5.78. The number of fused-ring (bicyclic) bond motifs is 2. The van der Waals surface area contributed by atoms with Gasteiger partial charge in [0.15, 0.2) is 11.5 Å². The molecule has 1 N–H and O–H groups in total. The summed E-state index contributed by atoms with van der Waals surface area (Å²) in [5, 5.41) is 4.31. The fraction of sp³-hybridized carbons (Fsp3) is 0.263. The molecule has 0 radical (unpaired) electrons. The largest absolute Gasteiger partial charge is 0.454 e. The zero-order valence-electron chi connectivity index (χ0n) is 14.4. The molecule has 0 bridgehead atoms. The van der Waals surface area contributed by atoms with Gasteiger partial charge in [0.2, 0.25) is 6.79 Å². The third kappa shape index (κ3) is 3.54. The molecule has 7 heteroatoms. The Hall–Kier alpha value is -2.90. The summed E-state index contributed by atoms with van der Waals surface area (Å²) in [6.07, 6.45) is 1.56. The first-order chi connectivity index (χ1) is 12.8. The summed E-state index contributed by atoms with van der Waals surface area (Å²) in [6.45, 7) is 3.66. The molecular weight excluding hydrogens is 334 g/mol. The van der Waals surface area contributed by atoms with Crippen LogP contribution in [0.3, 0.4) is 0 Å². The van der Waals surface area contributed by atoms with Crippen molar-refractivity contribution in [3.63, 3.8) is 0 Å². The number of ether oxygens (including phenoxy) is 2. The van der Waals surface area contributed by atoms with E-state index in [4.69, 9.17) is 19.2 Å². The van der Waals surface area contributed by atoms with Crippen molar-refractivity contribution >= 4 is 16.7 Å². The predicted molar refractivity (Wildman–Crippen MR) is 95.8 cm³/mol. The van der Waals surface area contributed by atoms with E-state index in [0.717, 1.165) is 39.3 Å². The lowest BCUT2D eigenvalue weighted by atomic mass is 10.1. The molecule has 7 nitrogen and oxygen atoms in total. The Morgan fingerprint density at radius 3 is 2.81 bits per heavy atom. The number of rotatable bonds is 7. The van der Waals surface area contributed by atoms with Gasteiger partial charge in [0.1, 0.15) is 18.8 Å². The Morgan fingerprint density at radius 1 is 1.00 bits per heavy atom. The number of nitrogens with one attached hydrogen (secondary N) is 1. The lowest BCUT2D eigenvalue weighted by Crippen LogP contribution is -2.03. The highest BCUT2D eigenvalue weighted by Gasteiger charge is 2.13. The molecule has 1 aliphatic rings. The lowest BCUT2D eigenvalue weighted by molar-refractivity contribution is -0.300. The number of aromatic nitrogens is 2. The van der Waals surface area contributed by atoms with E-state index in [-0.39, 0.29) is 6.79 Å². The minimum absolute atomic E-state index is 0.273. The summed E-state index contributed by atoms with van der Waals surface area (Å²) >= 11 is 0. The molecule has 3 aromatic rings. The van der Waals surface area contributed by atoms with E-state index >= 15 is 0 Å². The Kier molecular flexibility index (Phi) is 4.81. The van der Waals surface area contributed by atoms with Crippen LogP contribution in [0, 0.1) is 0 Å². The predicted octanol–water partition coefficient (Wildman–Crippen LogP) is 3.44. The van der Waals surface area contributed by atoms with E-state index in [0.29, 0.717) is 19.8 Å². The van der Waals surface area contributed by atoms with Gasteiger partial charge >= 0.3 is 0 Å². The smallest absolute Gasteiger partial charge is 0.231 e. The quantitative estimate of drug-likeness (QED) is 0.396. The van der Waals surface area contributed by atoms with Crippen molar-refractivity contribution in [3.05, 3.63) is 53.9 Å². The normalized spacial score (nSPS) is 12.5. The van der Waals surface area contributed by atoms with Gasteiger partial charge in [-0.05, 0) is 42.3 Å². The molecule has 0 aliphatic carbocycles. The van der Waals surface area contributed by atoms with E-state index < -0.39 is 0 Å². The van der Waals surface area contributed by atoms with Gasteiger partial charge in [-0.15, -0.1) is 0 Å². The number of benzene rings is 2. The fourth-order valence-corrected chi connectivity index (χ4v) is 2.76. The summed E-state index contributed by atoms with van der Waals surface area (Å²) < 4.78 is 10.8. The fourth-order valence-electron chi connectivity index (χ4n) is 2.76. The van der Waals surface area contributed by atoms with Gasteiger partial charge in [-0.25, -0.2) is 19.7 Å². The molecule has 0 unspecified atom stereocenters. The zero-order valence-corrected chi connectivity index (χ0v) is 14.4. The van der Waals surface area contributed by atoms with Crippen LogP contribution in [0.5, 0.6) is 11.5 Å². The molecule has 0 fully saturated rings. The summed E-state index contributed by atoms with van der Waals surface area (Å²) in [7, 11) is 0. The highest BCUT2D eigenvalue weighted by molar-refractivity contribution is 5.89. The maximum atomic E-state index is 5.42. The summed E-state index contributed by atoms with van der Waals surface area (Å²) in [4.78, 5) is 18.8. The van der Waals surface area contributed by atoms with Crippen molar-refractivity contribution in [1.82, 2.24) is 9.97 Å². The molecule has 0 saturated heterocycles. The minimum atomic E-state index is 0.273. The first-order valence-corrected chi connectivity index (χ1v) is 8.44. The van der Waals surface area contributed by atoms with Crippen LogP contribution in [0.15, 0.2) is 42.7 Å². The summed E-state index contributed by atoms with van der Waals surface area (Å²) in [5.74, 6) is 2.32. The number of hydrogen-bond donors (Lipinski definition) is 1. The van der Waals surface area contributed by atoms with E-state index in [9.17, 15) is 0 Å². The highest BCUT2D eigenvalue weighted by Crippen LogP contribution is 2.32. The number of hydrogen-bond acceptors (Lipinski definition) is 7.